The molecule has 1 aliphatic heterocycles. The van der Waals surface area contributed by atoms with Crippen molar-refractivity contribution in [2.45, 2.75) is 26.1 Å². The minimum Gasteiger partial charge on any atom is -0.495 e. The van der Waals surface area contributed by atoms with Crippen molar-refractivity contribution in [2.75, 3.05) is 25.5 Å². The summed E-state index contributed by atoms with van der Waals surface area (Å²) < 4.78 is 11.0. The van der Waals surface area contributed by atoms with Crippen molar-refractivity contribution in [1.29, 1.82) is 0 Å². The lowest BCUT2D eigenvalue weighted by Crippen LogP contribution is -2.49. The molecule has 0 unspecified atom stereocenters. The topological polar surface area (TPSA) is 33.7 Å². The van der Waals surface area contributed by atoms with Gasteiger partial charge in [0, 0.05) is 18.1 Å². The molecular formula is C14H19ClN2O2S. The highest BCUT2D eigenvalue weighted by molar-refractivity contribution is 7.80. The molecule has 0 saturated carbocycles. The Kier molecular flexibility index (Phi) is 5.07. The summed E-state index contributed by atoms with van der Waals surface area (Å²) in [5.74, 6) is 0.714. The van der Waals surface area contributed by atoms with Crippen LogP contribution in [0.5, 0.6) is 5.75 Å². The number of anilines is 1. The van der Waals surface area contributed by atoms with E-state index < -0.39 is 0 Å². The molecule has 20 heavy (non-hydrogen) atoms. The van der Waals surface area contributed by atoms with Gasteiger partial charge in [0.15, 0.2) is 5.11 Å². The van der Waals surface area contributed by atoms with Crippen molar-refractivity contribution in [3.05, 3.63) is 23.2 Å². The van der Waals surface area contributed by atoms with Crippen molar-refractivity contribution < 1.29 is 9.47 Å². The third-order valence-corrected chi connectivity index (χ3v) is 3.71. The molecule has 2 rings (SSSR count). The first kappa shape index (κ1) is 15.4. The SMILES string of the molecule is COc1ccc(Cl)cc1NC(=S)N1C[C@@H](C)O[C@@H](C)C1. The molecule has 110 valence electrons. The second-order valence-corrected chi connectivity index (χ2v) is 5.76. The molecule has 1 heterocycles. The van der Waals surface area contributed by atoms with E-state index in [9.17, 15) is 0 Å². The summed E-state index contributed by atoms with van der Waals surface area (Å²) in [7, 11) is 1.62. The number of nitrogens with one attached hydrogen (secondary N) is 1. The van der Waals surface area contributed by atoms with E-state index in [2.05, 4.69) is 10.2 Å². The van der Waals surface area contributed by atoms with Crippen LogP contribution in [-0.2, 0) is 4.74 Å². The molecule has 0 amide bonds. The van der Waals surface area contributed by atoms with Crippen LogP contribution in [0.15, 0.2) is 18.2 Å². The average molecular weight is 315 g/mol. The first-order valence-electron chi connectivity index (χ1n) is 6.54. The van der Waals surface area contributed by atoms with Crippen molar-refractivity contribution >= 4 is 34.6 Å². The highest BCUT2D eigenvalue weighted by atomic mass is 35.5. The van der Waals surface area contributed by atoms with E-state index in [1.807, 2.05) is 19.9 Å². The highest BCUT2D eigenvalue weighted by Gasteiger charge is 2.24. The van der Waals surface area contributed by atoms with Crippen LogP contribution in [0.4, 0.5) is 5.69 Å². The van der Waals surface area contributed by atoms with Gasteiger partial charge in [-0.1, -0.05) is 11.6 Å². The molecule has 4 nitrogen and oxygen atoms in total. The van der Waals surface area contributed by atoms with Gasteiger partial charge < -0.3 is 19.7 Å². The van der Waals surface area contributed by atoms with Gasteiger partial charge in [-0.2, -0.15) is 0 Å². The molecule has 0 spiro atoms. The van der Waals surface area contributed by atoms with Gasteiger partial charge in [-0.15, -0.1) is 0 Å². The van der Waals surface area contributed by atoms with Gasteiger partial charge in [0.05, 0.1) is 25.0 Å². The maximum Gasteiger partial charge on any atom is 0.173 e. The quantitative estimate of drug-likeness (QED) is 0.848. The van der Waals surface area contributed by atoms with Crippen molar-refractivity contribution in [3.8, 4) is 5.75 Å². The van der Waals surface area contributed by atoms with E-state index in [-0.39, 0.29) is 12.2 Å². The lowest BCUT2D eigenvalue weighted by Gasteiger charge is -2.37. The van der Waals surface area contributed by atoms with Crippen LogP contribution in [-0.4, -0.2) is 42.4 Å². The van der Waals surface area contributed by atoms with Gasteiger partial charge in [-0.3, -0.25) is 0 Å². The number of thiocarbonyl (C=S) groups is 1. The highest BCUT2D eigenvalue weighted by Crippen LogP contribution is 2.28. The zero-order valence-corrected chi connectivity index (χ0v) is 13.4. The van der Waals surface area contributed by atoms with E-state index in [0.29, 0.717) is 15.9 Å². The Morgan fingerprint density at radius 2 is 2.05 bits per heavy atom. The first-order valence-corrected chi connectivity index (χ1v) is 7.33. The fourth-order valence-corrected chi connectivity index (χ4v) is 2.75. The number of hydrogen-bond donors (Lipinski definition) is 1. The van der Waals surface area contributed by atoms with Crippen LogP contribution >= 0.6 is 23.8 Å². The zero-order chi connectivity index (χ0) is 14.7. The maximum atomic E-state index is 6.02. The fraction of sp³-hybridized carbons (Fsp3) is 0.500. The summed E-state index contributed by atoms with van der Waals surface area (Å²) in [4.78, 5) is 2.11. The first-order chi connectivity index (χ1) is 9.49. The van der Waals surface area contributed by atoms with Crippen LogP contribution in [0.2, 0.25) is 5.02 Å². The molecule has 1 fully saturated rings. The minimum absolute atomic E-state index is 0.166. The van der Waals surface area contributed by atoms with Gasteiger partial charge >= 0.3 is 0 Å². The van der Waals surface area contributed by atoms with E-state index in [4.69, 9.17) is 33.3 Å². The molecule has 6 heteroatoms. The Morgan fingerprint density at radius 1 is 1.40 bits per heavy atom. The van der Waals surface area contributed by atoms with Crippen molar-refractivity contribution in [1.82, 2.24) is 4.90 Å². The molecular weight excluding hydrogens is 296 g/mol. The number of morpholine rings is 1. The van der Waals surface area contributed by atoms with Crippen LogP contribution < -0.4 is 10.1 Å². The lowest BCUT2D eigenvalue weighted by atomic mass is 10.2. The van der Waals surface area contributed by atoms with Gasteiger partial charge in [-0.05, 0) is 44.3 Å². The van der Waals surface area contributed by atoms with Gasteiger partial charge in [0.1, 0.15) is 5.75 Å². The molecule has 1 N–H and O–H groups in total. The van der Waals surface area contributed by atoms with E-state index in [1.54, 1.807) is 19.2 Å². The molecule has 1 aromatic carbocycles. The van der Waals surface area contributed by atoms with Crippen molar-refractivity contribution in [3.63, 3.8) is 0 Å². The molecule has 2 atom stereocenters. The van der Waals surface area contributed by atoms with Crippen molar-refractivity contribution in [2.24, 2.45) is 0 Å². The number of methoxy groups -OCH3 is 1. The second kappa shape index (κ2) is 6.61. The van der Waals surface area contributed by atoms with Gasteiger partial charge in [-0.25, -0.2) is 0 Å². The number of nitrogens with zero attached hydrogens (tertiary/aromatic N) is 1. The smallest absolute Gasteiger partial charge is 0.173 e. The molecule has 0 aromatic heterocycles. The summed E-state index contributed by atoms with van der Waals surface area (Å²) in [5.41, 5.74) is 0.775. The Balaban J connectivity index is 2.09. The summed E-state index contributed by atoms with van der Waals surface area (Å²) in [6.07, 6.45) is 0.333. The molecule has 1 aromatic rings. The van der Waals surface area contributed by atoms with Crippen LogP contribution in [0.3, 0.4) is 0 Å². The zero-order valence-electron chi connectivity index (χ0n) is 11.9. The summed E-state index contributed by atoms with van der Waals surface area (Å²) in [6, 6.07) is 5.41. The monoisotopic (exact) mass is 314 g/mol. The van der Waals surface area contributed by atoms with E-state index in [1.165, 1.54) is 0 Å². The average Bonchev–Trinajstić information content (AvgIpc) is 2.37. The Bertz CT molecular complexity index is 488. The number of halogens is 1. The third-order valence-electron chi connectivity index (χ3n) is 3.11. The summed E-state index contributed by atoms with van der Waals surface area (Å²) in [5, 5.41) is 4.50. The number of hydrogen-bond acceptors (Lipinski definition) is 3. The van der Waals surface area contributed by atoms with Crippen LogP contribution in [0.1, 0.15) is 13.8 Å². The molecule has 0 radical (unpaired) electrons. The Hall–Kier alpha value is -1.04. The van der Waals surface area contributed by atoms with Crippen LogP contribution in [0, 0.1) is 0 Å². The summed E-state index contributed by atoms with van der Waals surface area (Å²) >= 11 is 11.5. The van der Waals surface area contributed by atoms with Gasteiger partial charge in [0.2, 0.25) is 0 Å². The second-order valence-electron chi connectivity index (χ2n) is 4.94. The van der Waals surface area contributed by atoms with Crippen LogP contribution in [0.25, 0.3) is 0 Å². The Labute approximate surface area is 130 Å². The van der Waals surface area contributed by atoms with Gasteiger partial charge in [0.25, 0.3) is 0 Å². The predicted octanol–water partition coefficient (Wildman–Crippen LogP) is 3.15. The third kappa shape index (κ3) is 3.75. The number of ether oxygens (including phenoxy) is 2. The predicted molar refractivity (Wildman–Crippen MR) is 85.8 cm³/mol. The standard InChI is InChI=1S/C14H19ClN2O2S/c1-9-7-17(8-10(2)19-9)14(20)16-12-6-11(15)4-5-13(12)18-3/h4-6,9-10H,7-8H2,1-3H3,(H,16,20)/t9-,10+. The molecule has 0 bridgehead atoms. The molecule has 1 saturated heterocycles. The molecule has 0 aliphatic carbocycles. The number of rotatable bonds is 2. The van der Waals surface area contributed by atoms with E-state index >= 15 is 0 Å². The maximum absolute atomic E-state index is 6.02. The van der Waals surface area contributed by atoms with E-state index in [0.717, 1.165) is 18.8 Å². The largest absolute Gasteiger partial charge is 0.495 e. The fourth-order valence-electron chi connectivity index (χ4n) is 2.32. The molecule has 1 aliphatic rings. The Morgan fingerprint density at radius 3 is 2.65 bits per heavy atom. The number of benzene rings is 1. The minimum atomic E-state index is 0.166. The summed E-state index contributed by atoms with van der Waals surface area (Å²) in [6.45, 7) is 5.65. The normalized spacial score (nSPS) is 22.5. The lowest BCUT2D eigenvalue weighted by molar-refractivity contribution is -0.0473.